The minimum absolute atomic E-state index is 0.0635. The van der Waals surface area contributed by atoms with E-state index in [1.54, 1.807) is 6.92 Å². The Balaban J connectivity index is 1.91. The first kappa shape index (κ1) is 15.5. The van der Waals surface area contributed by atoms with Crippen LogP contribution in [0.3, 0.4) is 0 Å². The van der Waals surface area contributed by atoms with Crippen molar-refractivity contribution in [2.75, 3.05) is 0 Å². The number of hydrogen-bond acceptors (Lipinski definition) is 3. The number of hydrogen-bond donors (Lipinski definition) is 2. The van der Waals surface area contributed by atoms with E-state index in [4.69, 9.17) is 4.74 Å². The topological polar surface area (TPSA) is 49.7 Å². The van der Waals surface area contributed by atoms with Gasteiger partial charge < -0.3 is 14.9 Å². The summed E-state index contributed by atoms with van der Waals surface area (Å²) in [5, 5.41) is 21.0. The zero-order valence-electron chi connectivity index (χ0n) is 13.7. The molecule has 0 radical (unpaired) electrons. The number of aliphatic hydroxyl groups is 2. The second-order valence-electron chi connectivity index (χ2n) is 8.11. The van der Waals surface area contributed by atoms with Gasteiger partial charge in [0.05, 0.1) is 23.4 Å². The molecule has 21 heavy (non-hydrogen) atoms. The molecule has 6 atom stereocenters. The van der Waals surface area contributed by atoms with Crippen LogP contribution in [-0.4, -0.2) is 33.6 Å². The fraction of sp³-hybridized carbons (Fsp3) is 0.889. The summed E-state index contributed by atoms with van der Waals surface area (Å²) < 4.78 is 6.36. The summed E-state index contributed by atoms with van der Waals surface area (Å²) in [6.07, 6.45) is 6.39. The smallest absolute Gasteiger partial charge is 0.0818 e. The molecule has 0 unspecified atom stereocenters. The number of fused-ring (bicyclic) bond motifs is 3. The first-order chi connectivity index (χ1) is 9.72. The van der Waals surface area contributed by atoms with Gasteiger partial charge in [-0.15, -0.1) is 0 Å². The molecule has 0 aromatic rings. The molecule has 3 heteroatoms. The Hall–Kier alpha value is -0.380. The average Bonchev–Trinajstić information content (AvgIpc) is 2.78. The maximum Gasteiger partial charge on any atom is 0.0818 e. The summed E-state index contributed by atoms with van der Waals surface area (Å²) in [7, 11) is 0. The van der Waals surface area contributed by atoms with Crippen molar-refractivity contribution >= 4 is 0 Å². The van der Waals surface area contributed by atoms with Crippen molar-refractivity contribution in [3.63, 3.8) is 0 Å². The molecule has 2 N–H and O–H groups in total. The number of rotatable bonds is 2. The summed E-state index contributed by atoms with van der Waals surface area (Å²) in [5.41, 5.74) is 0.0145. The highest BCUT2D eigenvalue weighted by Gasteiger charge is 2.64. The molecule has 2 aliphatic carbocycles. The van der Waals surface area contributed by atoms with Gasteiger partial charge >= 0.3 is 0 Å². The van der Waals surface area contributed by atoms with Crippen molar-refractivity contribution in [2.24, 2.45) is 11.3 Å². The van der Waals surface area contributed by atoms with Crippen LogP contribution in [0.25, 0.3) is 0 Å². The van der Waals surface area contributed by atoms with Crippen molar-refractivity contribution in [2.45, 2.75) is 89.1 Å². The van der Waals surface area contributed by atoms with Crippen molar-refractivity contribution in [1.29, 1.82) is 0 Å². The van der Waals surface area contributed by atoms with Crippen molar-refractivity contribution < 1.29 is 14.9 Å². The largest absolute Gasteiger partial charge is 0.389 e. The van der Waals surface area contributed by atoms with Gasteiger partial charge in [-0.2, -0.15) is 0 Å². The number of aliphatic hydroxyl groups excluding tert-OH is 1. The SMILES string of the molecule is C=C([C@H](C)O)[C@@H]1C[C@H]2[C@@](C)(CC[C@@]3(O)CCCC[C@]23C)O1. The van der Waals surface area contributed by atoms with Crippen LogP contribution in [0.1, 0.15) is 65.7 Å². The molecule has 3 fully saturated rings. The van der Waals surface area contributed by atoms with E-state index in [1.165, 1.54) is 6.42 Å². The van der Waals surface area contributed by atoms with E-state index in [9.17, 15) is 10.2 Å². The fourth-order valence-corrected chi connectivity index (χ4v) is 5.37. The molecule has 1 saturated heterocycles. The Morgan fingerprint density at radius 1 is 1.19 bits per heavy atom. The van der Waals surface area contributed by atoms with Gasteiger partial charge in [-0.05, 0) is 57.4 Å². The highest BCUT2D eigenvalue weighted by Crippen LogP contribution is 2.63. The third-order valence-electron chi connectivity index (χ3n) is 6.95. The van der Waals surface area contributed by atoms with Crippen LogP contribution >= 0.6 is 0 Å². The lowest BCUT2D eigenvalue weighted by atomic mass is 9.49. The van der Waals surface area contributed by atoms with Crippen LogP contribution in [0.15, 0.2) is 12.2 Å². The molecule has 120 valence electrons. The summed E-state index contributed by atoms with van der Waals surface area (Å²) in [5.74, 6) is 0.351. The Morgan fingerprint density at radius 2 is 1.86 bits per heavy atom. The lowest BCUT2D eigenvalue weighted by molar-refractivity contribution is -0.208. The summed E-state index contributed by atoms with van der Waals surface area (Å²) in [6.45, 7) is 10.3. The second-order valence-corrected chi connectivity index (χ2v) is 8.11. The molecular weight excluding hydrogens is 264 g/mol. The van der Waals surface area contributed by atoms with Crippen molar-refractivity contribution in [3.8, 4) is 0 Å². The lowest BCUT2D eigenvalue weighted by Gasteiger charge is -2.59. The van der Waals surface area contributed by atoms with Crippen molar-refractivity contribution in [1.82, 2.24) is 0 Å². The van der Waals surface area contributed by atoms with Gasteiger partial charge in [-0.25, -0.2) is 0 Å². The average molecular weight is 294 g/mol. The van der Waals surface area contributed by atoms with Crippen LogP contribution in [0.5, 0.6) is 0 Å². The van der Waals surface area contributed by atoms with E-state index in [0.717, 1.165) is 44.1 Å². The molecule has 3 rings (SSSR count). The molecule has 0 spiro atoms. The molecule has 1 heterocycles. The van der Waals surface area contributed by atoms with Crippen LogP contribution in [0, 0.1) is 11.3 Å². The molecule has 0 amide bonds. The highest BCUT2D eigenvalue weighted by atomic mass is 16.5. The highest BCUT2D eigenvalue weighted by molar-refractivity contribution is 5.19. The van der Waals surface area contributed by atoms with E-state index < -0.39 is 11.7 Å². The maximum atomic E-state index is 11.2. The van der Waals surface area contributed by atoms with E-state index >= 15 is 0 Å². The molecule has 0 bridgehead atoms. The lowest BCUT2D eigenvalue weighted by Crippen LogP contribution is -2.61. The van der Waals surface area contributed by atoms with Crippen LogP contribution in [-0.2, 0) is 4.74 Å². The van der Waals surface area contributed by atoms with Crippen molar-refractivity contribution in [3.05, 3.63) is 12.2 Å². The Bertz CT molecular complexity index is 446. The minimum Gasteiger partial charge on any atom is -0.389 e. The third-order valence-corrected chi connectivity index (χ3v) is 6.95. The predicted molar refractivity (Wildman–Crippen MR) is 83.0 cm³/mol. The molecule has 3 nitrogen and oxygen atoms in total. The predicted octanol–water partition coefficient (Wildman–Crippen LogP) is 3.19. The summed E-state index contributed by atoms with van der Waals surface area (Å²) in [4.78, 5) is 0. The van der Waals surface area contributed by atoms with Crippen LogP contribution in [0.2, 0.25) is 0 Å². The number of ether oxygens (including phenoxy) is 1. The summed E-state index contributed by atoms with van der Waals surface area (Å²) in [6, 6.07) is 0. The maximum absolute atomic E-state index is 11.2. The van der Waals surface area contributed by atoms with Gasteiger partial charge in [-0.3, -0.25) is 0 Å². The molecule has 0 aromatic heterocycles. The fourth-order valence-electron chi connectivity index (χ4n) is 5.37. The molecule has 0 aromatic carbocycles. The van der Waals surface area contributed by atoms with E-state index in [2.05, 4.69) is 20.4 Å². The van der Waals surface area contributed by atoms with E-state index in [-0.39, 0.29) is 17.1 Å². The van der Waals surface area contributed by atoms with Gasteiger partial charge in [-0.1, -0.05) is 26.3 Å². The zero-order valence-corrected chi connectivity index (χ0v) is 13.7. The van der Waals surface area contributed by atoms with Gasteiger partial charge in [0.25, 0.3) is 0 Å². The molecular formula is C18H30O3. The quantitative estimate of drug-likeness (QED) is 0.769. The second kappa shape index (κ2) is 4.81. The van der Waals surface area contributed by atoms with Gasteiger partial charge in [0.2, 0.25) is 0 Å². The van der Waals surface area contributed by atoms with Gasteiger partial charge in [0.15, 0.2) is 0 Å². The van der Waals surface area contributed by atoms with E-state index in [0.29, 0.717) is 5.92 Å². The zero-order chi connectivity index (χ0) is 15.5. The van der Waals surface area contributed by atoms with Crippen LogP contribution in [0.4, 0.5) is 0 Å². The third kappa shape index (κ3) is 2.12. The normalized spacial score (nSPS) is 51.1. The monoisotopic (exact) mass is 294 g/mol. The van der Waals surface area contributed by atoms with Gasteiger partial charge in [0.1, 0.15) is 0 Å². The van der Waals surface area contributed by atoms with Crippen LogP contribution < -0.4 is 0 Å². The Morgan fingerprint density at radius 3 is 2.52 bits per heavy atom. The molecule has 3 aliphatic rings. The first-order valence-electron chi connectivity index (χ1n) is 8.49. The molecule has 2 saturated carbocycles. The van der Waals surface area contributed by atoms with E-state index in [1.807, 2.05) is 0 Å². The Kier molecular flexibility index (Phi) is 3.55. The standard InChI is InChI=1S/C18H30O3/c1-12(13(2)19)14-11-15-16(3)7-5-6-8-18(16,20)10-9-17(15,4)21-14/h13-15,19-20H,1,5-11H2,2-4H3/t13-,14-,15+,16+,17+,18-/m0/s1. The molecule has 1 aliphatic heterocycles. The summed E-state index contributed by atoms with van der Waals surface area (Å²) >= 11 is 0. The first-order valence-corrected chi connectivity index (χ1v) is 8.49. The Labute approximate surface area is 128 Å². The minimum atomic E-state index is -0.531. The van der Waals surface area contributed by atoms with Gasteiger partial charge in [0, 0.05) is 5.41 Å².